The number of hydrogen-bond donors (Lipinski definition) is 0. The lowest BCUT2D eigenvalue weighted by Crippen LogP contribution is -1.95. The summed E-state index contributed by atoms with van der Waals surface area (Å²) >= 11 is 0. The lowest BCUT2D eigenvalue weighted by molar-refractivity contribution is 0.482. The minimum atomic E-state index is 0.207. The molecule has 0 radical (unpaired) electrons. The van der Waals surface area contributed by atoms with Crippen LogP contribution in [0.1, 0.15) is 28.6 Å². The van der Waals surface area contributed by atoms with Gasteiger partial charge in [0.05, 0.1) is 5.92 Å². The molecular formula is C24H18O. The van der Waals surface area contributed by atoms with Gasteiger partial charge in [-0.15, -0.1) is 0 Å². The summed E-state index contributed by atoms with van der Waals surface area (Å²) in [5.74, 6) is 2.18. The van der Waals surface area contributed by atoms with E-state index in [2.05, 4.69) is 78.9 Å². The van der Waals surface area contributed by atoms with Gasteiger partial charge in [-0.25, -0.2) is 0 Å². The first kappa shape index (κ1) is 14.3. The summed E-state index contributed by atoms with van der Waals surface area (Å²) in [7, 11) is 0. The maximum atomic E-state index is 5.89. The first-order valence-corrected chi connectivity index (χ1v) is 8.67. The second-order valence-corrected chi connectivity index (χ2v) is 6.62. The Kier molecular flexibility index (Phi) is 3.14. The van der Waals surface area contributed by atoms with Crippen molar-refractivity contribution < 1.29 is 4.42 Å². The van der Waals surface area contributed by atoms with Gasteiger partial charge in [0.2, 0.25) is 0 Å². The Balaban J connectivity index is 1.70. The van der Waals surface area contributed by atoms with Gasteiger partial charge in [-0.1, -0.05) is 72.8 Å². The molecule has 25 heavy (non-hydrogen) atoms. The van der Waals surface area contributed by atoms with Crippen molar-refractivity contribution in [2.45, 2.75) is 12.8 Å². The van der Waals surface area contributed by atoms with Crippen molar-refractivity contribution in [3.8, 4) is 11.1 Å². The van der Waals surface area contributed by atoms with Crippen molar-refractivity contribution in [1.29, 1.82) is 0 Å². The van der Waals surface area contributed by atoms with Crippen molar-refractivity contribution in [3.05, 3.63) is 102 Å². The lowest BCUT2D eigenvalue weighted by atomic mass is 9.90. The Hall–Kier alpha value is -3.06. The first-order valence-electron chi connectivity index (χ1n) is 8.67. The van der Waals surface area contributed by atoms with Crippen LogP contribution >= 0.6 is 0 Å². The van der Waals surface area contributed by atoms with Gasteiger partial charge in [0.15, 0.2) is 0 Å². The van der Waals surface area contributed by atoms with Crippen LogP contribution in [-0.4, -0.2) is 0 Å². The van der Waals surface area contributed by atoms with Gasteiger partial charge >= 0.3 is 0 Å². The molecule has 1 unspecified atom stereocenters. The lowest BCUT2D eigenvalue weighted by Gasteiger charge is -2.13. The monoisotopic (exact) mass is 322 g/mol. The maximum absolute atomic E-state index is 5.89. The molecule has 5 rings (SSSR count). The summed E-state index contributed by atoms with van der Waals surface area (Å²) in [5.41, 5.74) is 5.20. The van der Waals surface area contributed by atoms with Gasteiger partial charge in [0, 0.05) is 0 Å². The van der Waals surface area contributed by atoms with E-state index in [9.17, 15) is 0 Å². The molecule has 0 aliphatic heterocycles. The zero-order valence-corrected chi connectivity index (χ0v) is 14.1. The van der Waals surface area contributed by atoms with Gasteiger partial charge in [0.1, 0.15) is 11.5 Å². The van der Waals surface area contributed by atoms with Crippen LogP contribution in [0.5, 0.6) is 0 Å². The third-order valence-corrected chi connectivity index (χ3v) is 5.08. The van der Waals surface area contributed by atoms with Crippen LogP contribution in [0.3, 0.4) is 0 Å². The van der Waals surface area contributed by atoms with Gasteiger partial charge in [-0.05, 0) is 52.1 Å². The molecule has 0 N–H and O–H groups in total. The average molecular weight is 322 g/mol. The van der Waals surface area contributed by atoms with Gasteiger partial charge in [-0.3, -0.25) is 0 Å². The molecule has 1 heterocycles. The maximum Gasteiger partial charge on any atom is 0.115 e. The van der Waals surface area contributed by atoms with Gasteiger partial charge < -0.3 is 4.42 Å². The number of furan rings is 1. The molecule has 3 aromatic carbocycles. The van der Waals surface area contributed by atoms with Crippen LogP contribution in [0.25, 0.3) is 28.0 Å². The molecule has 0 spiro atoms. The van der Waals surface area contributed by atoms with Crippen LogP contribution < -0.4 is 0 Å². The van der Waals surface area contributed by atoms with E-state index in [0.717, 1.165) is 11.5 Å². The fourth-order valence-corrected chi connectivity index (χ4v) is 3.90. The summed E-state index contributed by atoms with van der Waals surface area (Å²) in [6.45, 7) is 2.00. The molecule has 1 aliphatic carbocycles. The zero-order valence-electron chi connectivity index (χ0n) is 14.1. The molecule has 0 saturated heterocycles. The molecule has 4 aromatic rings. The summed E-state index contributed by atoms with van der Waals surface area (Å²) < 4.78 is 5.89. The highest BCUT2D eigenvalue weighted by molar-refractivity contribution is 5.99. The molecule has 0 saturated carbocycles. The average Bonchev–Trinajstić information content (AvgIpc) is 3.27. The van der Waals surface area contributed by atoms with Crippen molar-refractivity contribution in [2.75, 3.05) is 0 Å². The van der Waals surface area contributed by atoms with E-state index < -0.39 is 0 Å². The Morgan fingerprint density at radius 1 is 0.760 bits per heavy atom. The Bertz CT molecular complexity index is 1110. The molecule has 1 heteroatoms. The number of rotatable bonds is 2. The van der Waals surface area contributed by atoms with Gasteiger partial charge in [0.25, 0.3) is 0 Å². The normalized spacial score (nSPS) is 15.6. The van der Waals surface area contributed by atoms with Crippen LogP contribution in [0.15, 0.2) is 83.3 Å². The summed E-state index contributed by atoms with van der Waals surface area (Å²) in [6, 6.07) is 25.8. The molecule has 0 bridgehead atoms. The van der Waals surface area contributed by atoms with E-state index in [-0.39, 0.29) is 5.92 Å². The molecule has 1 atom stereocenters. The number of fused-ring (bicyclic) bond motifs is 2. The van der Waals surface area contributed by atoms with E-state index in [1.807, 2.05) is 13.0 Å². The van der Waals surface area contributed by atoms with Crippen LogP contribution in [0, 0.1) is 6.92 Å². The molecule has 120 valence electrons. The molecule has 1 aliphatic rings. The number of hydrogen-bond acceptors (Lipinski definition) is 1. The fraction of sp³-hybridized carbons (Fsp3) is 0.0833. The standard InChI is InChI=1S/C24H18O/c1-16-12-15-24(25-16)23-14-13-22-20(10-5-11-21(22)23)19-9-4-7-17-6-2-3-8-18(17)19/h2-15,23H,1H3. The highest BCUT2D eigenvalue weighted by Crippen LogP contribution is 2.42. The highest BCUT2D eigenvalue weighted by Gasteiger charge is 2.24. The number of aryl methyl sites for hydroxylation is 1. The van der Waals surface area contributed by atoms with Crippen molar-refractivity contribution in [1.82, 2.24) is 0 Å². The van der Waals surface area contributed by atoms with E-state index in [1.165, 1.54) is 33.0 Å². The summed E-state index contributed by atoms with van der Waals surface area (Å²) in [6.07, 6.45) is 4.49. The highest BCUT2D eigenvalue weighted by atomic mass is 16.3. The van der Waals surface area contributed by atoms with E-state index >= 15 is 0 Å². The zero-order chi connectivity index (χ0) is 16.8. The number of allylic oxidation sites excluding steroid dienone is 1. The summed E-state index contributed by atoms with van der Waals surface area (Å²) in [4.78, 5) is 0. The largest absolute Gasteiger partial charge is 0.465 e. The van der Waals surface area contributed by atoms with Gasteiger partial charge in [-0.2, -0.15) is 0 Å². The van der Waals surface area contributed by atoms with Crippen LogP contribution in [-0.2, 0) is 0 Å². The molecule has 1 nitrogen and oxygen atoms in total. The SMILES string of the molecule is Cc1ccc(C2C=Cc3c(-c4cccc5ccccc45)cccc32)o1. The molecule has 1 aromatic heterocycles. The van der Waals surface area contributed by atoms with E-state index in [4.69, 9.17) is 4.42 Å². The van der Waals surface area contributed by atoms with Crippen molar-refractivity contribution >= 4 is 16.8 Å². The van der Waals surface area contributed by atoms with Crippen molar-refractivity contribution in [2.24, 2.45) is 0 Å². The summed E-state index contributed by atoms with van der Waals surface area (Å²) in [5, 5.41) is 2.57. The third kappa shape index (κ3) is 2.24. The third-order valence-electron chi connectivity index (χ3n) is 5.08. The second kappa shape index (κ2) is 5.49. The van der Waals surface area contributed by atoms with Crippen molar-refractivity contribution in [3.63, 3.8) is 0 Å². The van der Waals surface area contributed by atoms with Crippen LogP contribution in [0.2, 0.25) is 0 Å². The fourth-order valence-electron chi connectivity index (χ4n) is 3.90. The first-order chi connectivity index (χ1) is 12.3. The molecular weight excluding hydrogens is 304 g/mol. The predicted octanol–water partition coefficient (Wildman–Crippen LogP) is 6.57. The van der Waals surface area contributed by atoms with Crippen LogP contribution in [0.4, 0.5) is 0 Å². The molecule has 0 fully saturated rings. The Morgan fingerprint density at radius 2 is 1.56 bits per heavy atom. The Morgan fingerprint density at radius 3 is 2.44 bits per heavy atom. The minimum absolute atomic E-state index is 0.207. The number of benzene rings is 3. The Labute approximate surface area is 147 Å². The second-order valence-electron chi connectivity index (χ2n) is 6.62. The minimum Gasteiger partial charge on any atom is -0.465 e. The van der Waals surface area contributed by atoms with E-state index in [0.29, 0.717) is 0 Å². The predicted molar refractivity (Wildman–Crippen MR) is 104 cm³/mol. The van der Waals surface area contributed by atoms with E-state index in [1.54, 1.807) is 0 Å². The smallest absolute Gasteiger partial charge is 0.115 e. The topological polar surface area (TPSA) is 13.1 Å². The quantitative estimate of drug-likeness (QED) is 0.407. The molecule has 0 amide bonds.